The molecular formula is C13H16N4O2S. The molecule has 0 saturated heterocycles. The molecule has 0 unspecified atom stereocenters. The lowest BCUT2D eigenvalue weighted by molar-refractivity contribution is -0.133. The molecule has 2 rings (SSSR count). The van der Waals surface area contributed by atoms with Gasteiger partial charge in [-0.05, 0) is 25.5 Å². The van der Waals surface area contributed by atoms with Crippen LogP contribution in [0.5, 0.6) is 0 Å². The Balaban J connectivity index is 2.22. The Bertz CT molecular complexity index is 583. The largest absolute Gasteiger partial charge is 0.481 e. The minimum Gasteiger partial charge on any atom is -0.481 e. The highest BCUT2D eigenvalue weighted by molar-refractivity contribution is 7.99. The number of hydrogen-bond acceptors (Lipinski definition) is 5. The molecule has 20 heavy (non-hydrogen) atoms. The van der Waals surface area contributed by atoms with Crippen molar-refractivity contribution in [3.63, 3.8) is 0 Å². The zero-order valence-electron chi connectivity index (χ0n) is 11.4. The van der Waals surface area contributed by atoms with E-state index in [-0.39, 0.29) is 11.8 Å². The van der Waals surface area contributed by atoms with Gasteiger partial charge in [-0.15, -0.1) is 10.2 Å². The second kappa shape index (κ2) is 6.51. The number of thioether (sulfide) groups is 1. The number of aliphatic carboxylic acids is 1. The van der Waals surface area contributed by atoms with Crippen LogP contribution < -0.4 is 0 Å². The molecule has 0 spiro atoms. The molecule has 6 nitrogen and oxygen atoms in total. The maximum Gasteiger partial charge on any atom is 0.313 e. The second-order valence-electron chi connectivity index (χ2n) is 4.58. The maximum atomic E-state index is 10.7. The van der Waals surface area contributed by atoms with Crippen molar-refractivity contribution in [2.45, 2.75) is 31.5 Å². The number of carbonyl (C=O) groups is 1. The third-order valence-electron chi connectivity index (χ3n) is 2.66. The summed E-state index contributed by atoms with van der Waals surface area (Å²) in [6.07, 6.45) is 4.15. The van der Waals surface area contributed by atoms with Crippen molar-refractivity contribution in [3.8, 4) is 0 Å². The van der Waals surface area contributed by atoms with Gasteiger partial charge in [0.15, 0.2) is 5.16 Å². The summed E-state index contributed by atoms with van der Waals surface area (Å²) < 4.78 is 1.97. The number of carboxylic acid groups (broad SMARTS) is 1. The van der Waals surface area contributed by atoms with Crippen LogP contribution >= 0.6 is 11.8 Å². The van der Waals surface area contributed by atoms with Crippen molar-refractivity contribution in [3.05, 3.63) is 35.9 Å². The van der Waals surface area contributed by atoms with Crippen molar-refractivity contribution in [1.29, 1.82) is 0 Å². The highest BCUT2D eigenvalue weighted by atomic mass is 32.2. The lowest BCUT2D eigenvalue weighted by atomic mass is 10.2. The van der Waals surface area contributed by atoms with Crippen LogP contribution in [0.15, 0.2) is 29.7 Å². The molecule has 106 valence electrons. The van der Waals surface area contributed by atoms with Gasteiger partial charge in [0.25, 0.3) is 0 Å². The molecule has 0 aliphatic carbocycles. The molecule has 2 aromatic rings. The fourth-order valence-electron chi connectivity index (χ4n) is 1.86. The third kappa shape index (κ3) is 3.57. The van der Waals surface area contributed by atoms with E-state index in [0.717, 1.165) is 11.4 Å². The van der Waals surface area contributed by atoms with Gasteiger partial charge in [-0.3, -0.25) is 9.78 Å². The molecule has 0 aliphatic rings. The van der Waals surface area contributed by atoms with Crippen LogP contribution in [-0.4, -0.2) is 36.6 Å². The van der Waals surface area contributed by atoms with Crippen molar-refractivity contribution < 1.29 is 9.90 Å². The standard InChI is InChI=1S/C13H16N4O2S/c1-9(2)17-11(6-10-4-3-5-14-7-10)15-16-13(17)20-8-12(18)19/h3-5,7,9H,6,8H2,1-2H3,(H,18,19). The maximum absolute atomic E-state index is 10.7. The van der Waals surface area contributed by atoms with E-state index in [1.807, 2.05) is 30.5 Å². The number of hydrogen-bond donors (Lipinski definition) is 1. The Labute approximate surface area is 121 Å². The van der Waals surface area contributed by atoms with E-state index in [2.05, 4.69) is 15.2 Å². The summed E-state index contributed by atoms with van der Waals surface area (Å²) in [7, 11) is 0. The minimum absolute atomic E-state index is 0.0161. The number of nitrogens with zero attached hydrogens (tertiary/aromatic N) is 4. The first-order valence-electron chi connectivity index (χ1n) is 6.25. The van der Waals surface area contributed by atoms with Crippen molar-refractivity contribution >= 4 is 17.7 Å². The van der Waals surface area contributed by atoms with Gasteiger partial charge in [-0.2, -0.15) is 0 Å². The van der Waals surface area contributed by atoms with E-state index < -0.39 is 5.97 Å². The molecule has 7 heteroatoms. The lowest BCUT2D eigenvalue weighted by Crippen LogP contribution is -2.09. The normalized spacial score (nSPS) is 10.9. The minimum atomic E-state index is -0.859. The van der Waals surface area contributed by atoms with Gasteiger partial charge in [0, 0.05) is 24.9 Å². The first kappa shape index (κ1) is 14.5. The molecule has 0 bridgehead atoms. The first-order valence-corrected chi connectivity index (χ1v) is 7.23. The van der Waals surface area contributed by atoms with Crippen molar-refractivity contribution in [1.82, 2.24) is 19.7 Å². The van der Waals surface area contributed by atoms with Crippen LogP contribution in [0.1, 0.15) is 31.3 Å². The van der Waals surface area contributed by atoms with Crippen LogP contribution in [-0.2, 0) is 11.2 Å². The van der Waals surface area contributed by atoms with Gasteiger partial charge >= 0.3 is 5.97 Å². The summed E-state index contributed by atoms with van der Waals surface area (Å²) >= 11 is 1.19. The smallest absolute Gasteiger partial charge is 0.313 e. The number of rotatable bonds is 6. The summed E-state index contributed by atoms with van der Waals surface area (Å²) in [5.74, 6) is -0.0550. The zero-order chi connectivity index (χ0) is 14.5. The Hall–Kier alpha value is -1.89. The van der Waals surface area contributed by atoms with Gasteiger partial charge < -0.3 is 9.67 Å². The summed E-state index contributed by atoms with van der Waals surface area (Å²) in [6.45, 7) is 4.06. The predicted octanol–water partition coefficient (Wildman–Crippen LogP) is 2.02. The Kier molecular flexibility index (Phi) is 4.73. The lowest BCUT2D eigenvalue weighted by Gasteiger charge is -2.13. The van der Waals surface area contributed by atoms with Crippen molar-refractivity contribution in [2.75, 3.05) is 5.75 Å². The molecule has 0 aromatic carbocycles. The topological polar surface area (TPSA) is 80.9 Å². The van der Waals surface area contributed by atoms with Crippen LogP contribution in [0, 0.1) is 0 Å². The molecule has 1 N–H and O–H groups in total. The van der Waals surface area contributed by atoms with Crippen LogP contribution in [0.2, 0.25) is 0 Å². The zero-order valence-corrected chi connectivity index (χ0v) is 12.2. The fourth-order valence-corrected chi connectivity index (χ4v) is 2.66. The average molecular weight is 292 g/mol. The molecule has 0 radical (unpaired) electrons. The Morgan fingerprint density at radius 3 is 2.85 bits per heavy atom. The third-order valence-corrected chi connectivity index (χ3v) is 3.59. The van der Waals surface area contributed by atoms with Crippen LogP contribution in [0.25, 0.3) is 0 Å². The first-order chi connectivity index (χ1) is 9.58. The van der Waals surface area contributed by atoms with E-state index in [0.29, 0.717) is 11.6 Å². The van der Waals surface area contributed by atoms with Gasteiger partial charge in [-0.25, -0.2) is 0 Å². The van der Waals surface area contributed by atoms with Crippen molar-refractivity contribution in [2.24, 2.45) is 0 Å². The van der Waals surface area contributed by atoms with Gasteiger partial charge in [-0.1, -0.05) is 17.8 Å². The highest BCUT2D eigenvalue weighted by Crippen LogP contribution is 2.22. The van der Waals surface area contributed by atoms with Gasteiger partial charge in [0.05, 0.1) is 5.75 Å². The van der Waals surface area contributed by atoms with Crippen LogP contribution in [0.3, 0.4) is 0 Å². The van der Waals surface area contributed by atoms with Gasteiger partial charge in [0.2, 0.25) is 0 Å². The molecule has 0 saturated carbocycles. The Morgan fingerprint density at radius 1 is 1.45 bits per heavy atom. The number of carboxylic acids is 1. The Morgan fingerprint density at radius 2 is 2.25 bits per heavy atom. The average Bonchev–Trinajstić information content (AvgIpc) is 2.80. The number of aromatic nitrogens is 4. The van der Waals surface area contributed by atoms with E-state index >= 15 is 0 Å². The summed E-state index contributed by atoms with van der Waals surface area (Å²) in [6, 6.07) is 4.04. The fraction of sp³-hybridized carbons (Fsp3) is 0.385. The number of pyridine rings is 1. The van der Waals surface area contributed by atoms with E-state index in [1.165, 1.54) is 11.8 Å². The molecular weight excluding hydrogens is 276 g/mol. The second-order valence-corrected chi connectivity index (χ2v) is 5.53. The quantitative estimate of drug-likeness (QED) is 0.820. The van der Waals surface area contributed by atoms with Crippen LogP contribution in [0.4, 0.5) is 0 Å². The van der Waals surface area contributed by atoms with E-state index in [9.17, 15) is 4.79 Å². The molecule has 2 heterocycles. The monoisotopic (exact) mass is 292 g/mol. The molecule has 0 fully saturated rings. The molecule has 2 aromatic heterocycles. The molecule has 0 aliphatic heterocycles. The summed E-state index contributed by atoms with van der Waals surface area (Å²) in [5.41, 5.74) is 1.05. The highest BCUT2D eigenvalue weighted by Gasteiger charge is 2.16. The van der Waals surface area contributed by atoms with Gasteiger partial charge in [0.1, 0.15) is 5.82 Å². The molecule has 0 amide bonds. The summed E-state index contributed by atoms with van der Waals surface area (Å²) in [5, 5.41) is 17.7. The van der Waals surface area contributed by atoms with E-state index in [4.69, 9.17) is 5.11 Å². The SMILES string of the molecule is CC(C)n1c(Cc2cccnc2)nnc1SCC(=O)O. The molecule has 0 atom stereocenters. The predicted molar refractivity (Wildman–Crippen MR) is 75.8 cm³/mol. The van der Waals surface area contributed by atoms with E-state index in [1.54, 1.807) is 12.4 Å². The summed E-state index contributed by atoms with van der Waals surface area (Å²) in [4.78, 5) is 14.7.